The highest BCUT2D eigenvalue weighted by Gasteiger charge is 2.26. The third-order valence-corrected chi connectivity index (χ3v) is 5.35. The number of halogens is 1. The number of aromatic nitrogens is 1. The zero-order chi connectivity index (χ0) is 23.0. The highest BCUT2D eigenvalue weighted by Crippen LogP contribution is 2.30. The fraction of sp³-hybridized carbons (Fsp3) is 0.0435. The first kappa shape index (κ1) is 21.1. The van der Waals surface area contributed by atoms with Gasteiger partial charge in [-0.05, 0) is 48.9 Å². The van der Waals surface area contributed by atoms with Gasteiger partial charge < -0.3 is 15.5 Å². The van der Waals surface area contributed by atoms with Crippen LogP contribution in [0.25, 0.3) is 5.52 Å². The van der Waals surface area contributed by atoms with E-state index in [4.69, 9.17) is 17.3 Å². The first-order valence-electron chi connectivity index (χ1n) is 9.53. The number of ketones is 1. The maximum Gasteiger partial charge on any atom is 0.269 e. The van der Waals surface area contributed by atoms with E-state index in [0.717, 1.165) is 5.56 Å². The first-order chi connectivity index (χ1) is 15.3. The Labute approximate surface area is 187 Å². The number of non-ortho nitro benzene ring substituents is 1. The van der Waals surface area contributed by atoms with Crippen LogP contribution in [0.2, 0.25) is 5.02 Å². The van der Waals surface area contributed by atoms with E-state index in [0.29, 0.717) is 16.2 Å². The maximum absolute atomic E-state index is 13.2. The fourth-order valence-corrected chi connectivity index (χ4v) is 3.66. The molecular formula is C23H17ClN4O4. The van der Waals surface area contributed by atoms with Gasteiger partial charge in [-0.1, -0.05) is 23.7 Å². The predicted molar refractivity (Wildman–Crippen MR) is 122 cm³/mol. The van der Waals surface area contributed by atoms with E-state index in [-0.39, 0.29) is 28.2 Å². The van der Waals surface area contributed by atoms with E-state index in [9.17, 15) is 19.7 Å². The predicted octanol–water partition coefficient (Wildman–Crippen LogP) is 4.87. The summed E-state index contributed by atoms with van der Waals surface area (Å²) in [4.78, 5) is 36.8. The molecule has 0 saturated carbocycles. The van der Waals surface area contributed by atoms with Gasteiger partial charge in [0.25, 0.3) is 11.6 Å². The summed E-state index contributed by atoms with van der Waals surface area (Å²) in [6.45, 7) is 1.83. The third kappa shape index (κ3) is 3.67. The lowest BCUT2D eigenvalue weighted by Crippen LogP contribution is -2.15. The number of hydrogen-bond acceptors (Lipinski definition) is 5. The van der Waals surface area contributed by atoms with Gasteiger partial charge in [-0.25, -0.2) is 0 Å². The van der Waals surface area contributed by atoms with Crippen LogP contribution in [0.1, 0.15) is 32.0 Å². The van der Waals surface area contributed by atoms with Gasteiger partial charge in [-0.15, -0.1) is 0 Å². The van der Waals surface area contributed by atoms with Crippen molar-refractivity contribution in [3.05, 3.63) is 104 Å². The summed E-state index contributed by atoms with van der Waals surface area (Å²) in [5.41, 5.74) is 8.45. The normalized spacial score (nSPS) is 10.8. The van der Waals surface area contributed by atoms with Crippen molar-refractivity contribution >= 4 is 45.9 Å². The minimum Gasteiger partial charge on any atom is -0.396 e. The van der Waals surface area contributed by atoms with Crippen molar-refractivity contribution in [2.75, 3.05) is 11.1 Å². The molecule has 1 amide bonds. The van der Waals surface area contributed by atoms with E-state index in [1.54, 1.807) is 47.0 Å². The van der Waals surface area contributed by atoms with E-state index >= 15 is 0 Å². The highest BCUT2D eigenvalue weighted by molar-refractivity contribution is 6.31. The van der Waals surface area contributed by atoms with Gasteiger partial charge in [0, 0.05) is 34.6 Å². The average molecular weight is 449 g/mol. The smallest absolute Gasteiger partial charge is 0.269 e. The Balaban J connectivity index is 1.79. The minimum atomic E-state index is -0.546. The molecule has 0 aliphatic rings. The van der Waals surface area contributed by atoms with Gasteiger partial charge in [-0.2, -0.15) is 0 Å². The number of aryl methyl sites for hydroxylation is 1. The second kappa shape index (κ2) is 8.16. The molecule has 2 heterocycles. The van der Waals surface area contributed by atoms with Crippen molar-refractivity contribution in [1.82, 2.24) is 4.40 Å². The van der Waals surface area contributed by atoms with Gasteiger partial charge in [-0.3, -0.25) is 19.7 Å². The summed E-state index contributed by atoms with van der Waals surface area (Å²) in [6, 6.07) is 15.5. The number of nitrogen functional groups attached to an aromatic ring is 1. The summed E-state index contributed by atoms with van der Waals surface area (Å²) < 4.78 is 1.54. The molecule has 0 spiro atoms. The Morgan fingerprint density at radius 3 is 2.50 bits per heavy atom. The molecule has 2 aromatic heterocycles. The molecule has 0 unspecified atom stereocenters. The van der Waals surface area contributed by atoms with Gasteiger partial charge in [0.1, 0.15) is 5.69 Å². The number of carbonyl (C=O) groups excluding carboxylic acids is 2. The van der Waals surface area contributed by atoms with Crippen molar-refractivity contribution < 1.29 is 14.5 Å². The molecule has 3 N–H and O–H groups in total. The zero-order valence-electron chi connectivity index (χ0n) is 16.8. The minimum absolute atomic E-state index is 0.0109. The fourth-order valence-electron chi connectivity index (χ4n) is 3.48. The molecule has 0 saturated heterocycles. The van der Waals surface area contributed by atoms with Crippen molar-refractivity contribution in [3.8, 4) is 0 Å². The molecule has 4 rings (SSSR count). The van der Waals surface area contributed by atoms with Crippen molar-refractivity contribution in [2.45, 2.75) is 6.92 Å². The quantitative estimate of drug-likeness (QED) is 0.256. The molecule has 0 bridgehead atoms. The SMILES string of the molecule is Cc1ccc(Cl)cc1NC(=O)c1c(N)c(C(=O)c2ccc([N+](=O)[O-])cc2)n2ccccc12. The molecule has 0 radical (unpaired) electrons. The summed E-state index contributed by atoms with van der Waals surface area (Å²) in [7, 11) is 0. The molecule has 2 aromatic carbocycles. The molecule has 4 aromatic rings. The molecule has 9 heteroatoms. The number of rotatable bonds is 5. The number of carbonyl (C=O) groups is 2. The van der Waals surface area contributed by atoms with E-state index in [1.807, 2.05) is 6.92 Å². The molecule has 8 nitrogen and oxygen atoms in total. The number of nitrogens with zero attached hydrogens (tertiary/aromatic N) is 2. The molecule has 0 fully saturated rings. The number of pyridine rings is 1. The van der Waals surface area contributed by atoms with E-state index in [2.05, 4.69) is 5.32 Å². The summed E-state index contributed by atoms with van der Waals surface area (Å²) in [6.07, 6.45) is 1.63. The molecule has 0 aliphatic carbocycles. The van der Waals surface area contributed by atoms with Crippen LogP contribution in [-0.2, 0) is 0 Å². The van der Waals surface area contributed by atoms with E-state index < -0.39 is 16.6 Å². The number of nitrogens with two attached hydrogens (primary N) is 1. The zero-order valence-corrected chi connectivity index (χ0v) is 17.6. The standard InChI is InChI=1S/C23H17ClN4O4/c1-13-5-8-15(24)12-17(13)26-23(30)19-18-4-2-3-11-27(18)21(20(19)25)22(29)14-6-9-16(10-7-14)28(31)32/h2-12H,25H2,1H3,(H,26,30). The summed E-state index contributed by atoms with van der Waals surface area (Å²) in [5.74, 6) is -0.948. The van der Waals surface area contributed by atoms with Gasteiger partial charge in [0.15, 0.2) is 0 Å². The van der Waals surface area contributed by atoms with Crippen LogP contribution in [0.5, 0.6) is 0 Å². The second-order valence-electron chi connectivity index (χ2n) is 7.14. The Hall–Kier alpha value is -4.17. The van der Waals surface area contributed by atoms with Crippen LogP contribution in [0.3, 0.4) is 0 Å². The third-order valence-electron chi connectivity index (χ3n) is 5.11. The van der Waals surface area contributed by atoms with Crippen molar-refractivity contribution in [2.24, 2.45) is 0 Å². The molecule has 0 aliphatic heterocycles. The number of nitro benzene ring substituents is 1. The number of amides is 1. The van der Waals surface area contributed by atoms with Crippen molar-refractivity contribution in [1.29, 1.82) is 0 Å². The van der Waals surface area contributed by atoms with E-state index in [1.165, 1.54) is 24.3 Å². The Morgan fingerprint density at radius 2 is 1.81 bits per heavy atom. The van der Waals surface area contributed by atoms with Crippen LogP contribution in [0, 0.1) is 17.0 Å². The number of anilines is 2. The molecule has 32 heavy (non-hydrogen) atoms. The lowest BCUT2D eigenvalue weighted by molar-refractivity contribution is -0.384. The van der Waals surface area contributed by atoms with Crippen LogP contribution in [0.15, 0.2) is 66.9 Å². The second-order valence-corrected chi connectivity index (χ2v) is 7.58. The van der Waals surface area contributed by atoms with Crippen LogP contribution >= 0.6 is 11.6 Å². The average Bonchev–Trinajstić information content (AvgIpc) is 3.07. The Bertz CT molecular complexity index is 1390. The van der Waals surface area contributed by atoms with Crippen LogP contribution < -0.4 is 11.1 Å². The van der Waals surface area contributed by atoms with Crippen LogP contribution in [-0.4, -0.2) is 21.0 Å². The lowest BCUT2D eigenvalue weighted by atomic mass is 10.1. The van der Waals surface area contributed by atoms with Crippen molar-refractivity contribution in [3.63, 3.8) is 0 Å². The Morgan fingerprint density at radius 1 is 1.09 bits per heavy atom. The highest BCUT2D eigenvalue weighted by atomic mass is 35.5. The van der Waals surface area contributed by atoms with Crippen LogP contribution in [0.4, 0.5) is 17.1 Å². The number of hydrogen-bond donors (Lipinski definition) is 2. The first-order valence-corrected chi connectivity index (χ1v) is 9.91. The number of nitrogens with one attached hydrogen (secondary N) is 1. The summed E-state index contributed by atoms with van der Waals surface area (Å²) >= 11 is 6.05. The number of fused-ring (bicyclic) bond motifs is 1. The largest absolute Gasteiger partial charge is 0.396 e. The van der Waals surface area contributed by atoms with Gasteiger partial charge >= 0.3 is 0 Å². The van der Waals surface area contributed by atoms with Gasteiger partial charge in [0.05, 0.1) is 21.7 Å². The molecule has 0 atom stereocenters. The topological polar surface area (TPSA) is 120 Å². The number of nitro groups is 1. The number of benzene rings is 2. The Kier molecular flexibility index (Phi) is 5.38. The molecular weight excluding hydrogens is 432 g/mol. The summed E-state index contributed by atoms with van der Waals surface area (Å²) in [5, 5.41) is 14.2. The molecule has 160 valence electrons. The lowest BCUT2D eigenvalue weighted by Gasteiger charge is -2.09. The maximum atomic E-state index is 13.2. The monoisotopic (exact) mass is 448 g/mol. The van der Waals surface area contributed by atoms with Gasteiger partial charge in [0.2, 0.25) is 5.78 Å².